The number of rotatable bonds is 3. The number of ether oxygens (including phenoxy) is 1. The third-order valence-corrected chi connectivity index (χ3v) is 4.23. The Balaban J connectivity index is 0.00000161. The van der Waals surface area contributed by atoms with Crippen LogP contribution in [0.1, 0.15) is 37.3 Å². The molecule has 5 heteroatoms. The number of para-hydroxylation sites is 1. The number of hydrogen-bond acceptors (Lipinski definition) is 3. The molecule has 1 aromatic carbocycles. The molecule has 0 aliphatic carbocycles. The highest BCUT2D eigenvalue weighted by Gasteiger charge is 2.24. The number of hydrogen-bond donors (Lipinski definition) is 2. The highest BCUT2D eigenvalue weighted by molar-refractivity contribution is 5.85. The molecule has 1 aromatic rings. The minimum Gasteiger partial charge on any atom is -0.493 e. The van der Waals surface area contributed by atoms with Crippen molar-refractivity contribution in [1.82, 2.24) is 10.6 Å². The summed E-state index contributed by atoms with van der Waals surface area (Å²) in [6.07, 6.45) is 3.73. The summed E-state index contributed by atoms with van der Waals surface area (Å²) in [5.74, 6) is 1.62. The topological polar surface area (TPSA) is 50.4 Å². The lowest BCUT2D eigenvalue weighted by molar-refractivity contribution is -0.123. The van der Waals surface area contributed by atoms with Gasteiger partial charge in [-0.1, -0.05) is 18.2 Å². The average Bonchev–Trinajstić information content (AvgIpc) is 2.48. The predicted molar refractivity (Wildman–Crippen MR) is 84.9 cm³/mol. The number of fused-ring (bicyclic) bond motifs is 1. The molecule has 2 N–H and O–H groups in total. The van der Waals surface area contributed by atoms with Crippen LogP contribution in [0.4, 0.5) is 0 Å². The molecule has 0 saturated carbocycles. The van der Waals surface area contributed by atoms with Crippen LogP contribution in [0.5, 0.6) is 5.75 Å². The Bertz CT molecular complexity index is 475. The second-order valence-electron chi connectivity index (χ2n) is 5.69. The Hall–Kier alpha value is -1.26. The van der Waals surface area contributed by atoms with Gasteiger partial charge in [0.05, 0.1) is 12.6 Å². The molecule has 1 saturated heterocycles. The van der Waals surface area contributed by atoms with Crippen molar-refractivity contribution in [2.45, 2.75) is 31.7 Å². The van der Waals surface area contributed by atoms with Crippen molar-refractivity contribution < 1.29 is 9.53 Å². The van der Waals surface area contributed by atoms with Gasteiger partial charge < -0.3 is 15.4 Å². The van der Waals surface area contributed by atoms with Gasteiger partial charge >= 0.3 is 0 Å². The first-order valence-corrected chi connectivity index (χ1v) is 7.55. The molecule has 2 aliphatic heterocycles. The lowest BCUT2D eigenvalue weighted by Crippen LogP contribution is -2.35. The van der Waals surface area contributed by atoms with Crippen LogP contribution in [0.15, 0.2) is 24.3 Å². The third kappa shape index (κ3) is 4.11. The van der Waals surface area contributed by atoms with Crippen LogP contribution in [-0.2, 0) is 4.79 Å². The number of piperidine rings is 1. The Labute approximate surface area is 132 Å². The maximum Gasteiger partial charge on any atom is 0.220 e. The molecule has 1 fully saturated rings. The zero-order valence-electron chi connectivity index (χ0n) is 12.1. The molecule has 2 heterocycles. The predicted octanol–water partition coefficient (Wildman–Crippen LogP) is 2.44. The average molecular weight is 311 g/mol. The van der Waals surface area contributed by atoms with Crippen molar-refractivity contribution in [2.75, 3.05) is 19.7 Å². The van der Waals surface area contributed by atoms with Crippen molar-refractivity contribution in [1.29, 1.82) is 0 Å². The number of amides is 1. The summed E-state index contributed by atoms with van der Waals surface area (Å²) in [6, 6.07) is 8.09. The van der Waals surface area contributed by atoms with Crippen LogP contribution in [0.3, 0.4) is 0 Å². The van der Waals surface area contributed by atoms with Crippen molar-refractivity contribution in [3.63, 3.8) is 0 Å². The van der Waals surface area contributed by atoms with Gasteiger partial charge in [-0.2, -0.15) is 0 Å². The summed E-state index contributed by atoms with van der Waals surface area (Å²) in [5.41, 5.74) is 1.11. The highest BCUT2D eigenvalue weighted by Crippen LogP contribution is 2.31. The lowest BCUT2D eigenvalue weighted by Gasteiger charge is -2.28. The van der Waals surface area contributed by atoms with Gasteiger partial charge in [0, 0.05) is 18.4 Å². The molecule has 4 nitrogen and oxygen atoms in total. The quantitative estimate of drug-likeness (QED) is 0.901. The Morgan fingerprint density at radius 1 is 1.24 bits per heavy atom. The van der Waals surface area contributed by atoms with Crippen LogP contribution in [0.2, 0.25) is 0 Å². The summed E-state index contributed by atoms with van der Waals surface area (Å²) >= 11 is 0. The van der Waals surface area contributed by atoms with E-state index in [-0.39, 0.29) is 24.4 Å². The zero-order chi connectivity index (χ0) is 13.8. The second kappa shape index (κ2) is 7.66. The van der Waals surface area contributed by atoms with E-state index in [2.05, 4.69) is 10.6 Å². The molecular weight excluding hydrogens is 288 g/mol. The normalized spacial score (nSPS) is 21.6. The molecule has 0 aromatic heterocycles. The summed E-state index contributed by atoms with van der Waals surface area (Å²) in [5, 5.41) is 6.52. The molecule has 3 rings (SSSR count). The molecule has 0 spiro atoms. The van der Waals surface area contributed by atoms with Gasteiger partial charge in [0.15, 0.2) is 0 Å². The van der Waals surface area contributed by atoms with Crippen LogP contribution in [0, 0.1) is 5.92 Å². The van der Waals surface area contributed by atoms with E-state index < -0.39 is 0 Å². The summed E-state index contributed by atoms with van der Waals surface area (Å²) < 4.78 is 5.63. The van der Waals surface area contributed by atoms with E-state index >= 15 is 0 Å². The highest BCUT2D eigenvalue weighted by atomic mass is 35.5. The smallest absolute Gasteiger partial charge is 0.220 e. The van der Waals surface area contributed by atoms with Crippen LogP contribution in [0.25, 0.3) is 0 Å². The molecule has 1 atom stereocenters. The summed E-state index contributed by atoms with van der Waals surface area (Å²) in [6.45, 7) is 2.76. The summed E-state index contributed by atoms with van der Waals surface area (Å²) in [4.78, 5) is 12.2. The van der Waals surface area contributed by atoms with Gasteiger partial charge in [-0.3, -0.25) is 4.79 Å². The van der Waals surface area contributed by atoms with Crippen molar-refractivity contribution >= 4 is 18.3 Å². The fourth-order valence-corrected chi connectivity index (χ4v) is 3.09. The van der Waals surface area contributed by atoms with E-state index in [1.807, 2.05) is 24.3 Å². The van der Waals surface area contributed by atoms with Gasteiger partial charge in [-0.25, -0.2) is 0 Å². The van der Waals surface area contributed by atoms with Gasteiger partial charge in [0.1, 0.15) is 5.75 Å². The fraction of sp³-hybridized carbons (Fsp3) is 0.562. The van der Waals surface area contributed by atoms with Crippen LogP contribution < -0.4 is 15.4 Å². The first-order chi connectivity index (χ1) is 9.83. The largest absolute Gasteiger partial charge is 0.493 e. The van der Waals surface area contributed by atoms with E-state index in [9.17, 15) is 4.79 Å². The minimum absolute atomic E-state index is 0. The fourth-order valence-electron chi connectivity index (χ4n) is 3.09. The summed E-state index contributed by atoms with van der Waals surface area (Å²) in [7, 11) is 0. The molecule has 2 aliphatic rings. The van der Waals surface area contributed by atoms with Crippen molar-refractivity contribution in [3.05, 3.63) is 29.8 Å². The van der Waals surface area contributed by atoms with Gasteiger partial charge in [-0.15, -0.1) is 12.4 Å². The second-order valence-corrected chi connectivity index (χ2v) is 5.69. The number of carbonyl (C=O) groups excluding carboxylic acids is 1. The van der Waals surface area contributed by atoms with E-state index in [4.69, 9.17) is 4.74 Å². The molecule has 116 valence electrons. The molecule has 1 unspecified atom stereocenters. The maximum atomic E-state index is 12.2. The molecular formula is C16H23ClN2O2. The van der Waals surface area contributed by atoms with E-state index in [0.717, 1.165) is 43.7 Å². The lowest BCUT2D eigenvalue weighted by atomic mass is 9.93. The maximum absolute atomic E-state index is 12.2. The Morgan fingerprint density at radius 2 is 2.00 bits per heavy atom. The number of carbonyl (C=O) groups is 1. The standard InChI is InChI=1S/C16H22N2O2.ClH/c19-16(11-12-5-8-17-9-6-12)18-14-7-10-20-15-4-2-1-3-13(14)15;/h1-4,12,14,17H,5-11H2,(H,18,19);1H. The minimum atomic E-state index is 0. The van der Waals surface area contributed by atoms with Crippen LogP contribution >= 0.6 is 12.4 Å². The molecule has 0 bridgehead atoms. The number of nitrogens with one attached hydrogen (secondary N) is 2. The molecule has 21 heavy (non-hydrogen) atoms. The van der Waals surface area contributed by atoms with Crippen molar-refractivity contribution in [3.8, 4) is 5.75 Å². The van der Waals surface area contributed by atoms with Gasteiger partial charge in [-0.05, 0) is 37.9 Å². The zero-order valence-corrected chi connectivity index (χ0v) is 13.0. The first kappa shape index (κ1) is 16.1. The van der Waals surface area contributed by atoms with Crippen molar-refractivity contribution in [2.24, 2.45) is 5.92 Å². The number of halogens is 1. The molecule has 0 radical (unpaired) electrons. The van der Waals surface area contributed by atoms with Gasteiger partial charge in [0.25, 0.3) is 0 Å². The molecule has 1 amide bonds. The SMILES string of the molecule is Cl.O=C(CC1CCNCC1)NC1CCOc2ccccc21. The van der Waals surface area contributed by atoms with Crippen LogP contribution in [-0.4, -0.2) is 25.6 Å². The Morgan fingerprint density at radius 3 is 2.81 bits per heavy atom. The van der Waals surface area contributed by atoms with E-state index in [0.29, 0.717) is 18.9 Å². The number of benzene rings is 1. The van der Waals surface area contributed by atoms with Gasteiger partial charge in [0.2, 0.25) is 5.91 Å². The van der Waals surface area contributed by atoms with E-state index in [1.54, 1.807) is 0 Å². The first-order valence-electron chi connectivity index (χ1n) is 7.55. The van der Waals surface area contributed by atoms with E-state index in [1.165, 1.54) is 0 Å². The third-order valence-electron chi connectivity index (χ3n) is 4.23. The Kier molecular flexibility index (Phi) is 5.88. The monoisotopic (exact) mass is 310 g/mol.